The van der Waals surface area contributed by atoms with Crippen molar-refractivity contribution in [2.45, 2.75) is 6.54 Å². The molecular weight excluding hydrogens is 295 g/mol. The van der Waals surface area contributed by atoms with Gasteiger partial charge in [-0.15, -0.1) is 0 Å². The van der Waals surface area contributed by atoms with Crippen LogP contribution in [0.25, 0.3) is 0 Å². The van der Waals surface area contributed by atoms with E-state index in [-0.39, 0.29) is 6.54 Å². The van der Waals surface area contributed by atoms with Crippen molar-refractivity contribution >= 4 is 11.6 Å². The summed E-state index contributed by atoms with van der Waals surface area (Å²) in [5, 5.41) is 2.21. The van der Waals surface area contributed by atoms with Gasteiger partial charge in [0.05, 0.1) is 17.9 Å². The largest absolute Gasteiger partial charge is 0.322 e. The summed E-state index contributed by atoms with van der Waals surface area (Å²) in [7, 11) is 1.69. The van der Waals surface area contributed by atoms with Crippen molar-refractivity contribution in [3.8, 4) is 0 Å². The number of nitrogens with one attached hydrogen (secondary N) is 1. The average molecular weight is 309 g/mol. The molecule has 0 bridgehead atoms. The van der Waals surface area contributed by atoms with Gasteiger partial charge in [-0.3, -0.25) is 14.7 Å². The van der Waals surface area contributed by atoms with E-state index in [0.29, 0.717) is 6.54 Å². The fraction of sp³-hybridized carbons (Fsp3) is 0.200. The van der Waals surface area contributed by atoms with Crippen LogP contribution < -0.4 is 5.32 Å². The first-order valence-electron chi connectivity index (χ1n) is 6.49. The first kappa shape index (κ1) is 16.0. The number of amides is 1. The summed E-state index contributed by atoms with van der Waals surface area (Å²) < 4.78 is 39.3. The Bertz CT molecular complexity index is 665. The molecule has 0 fully saturated rings. The van der Waals surface area contributed by atoms with Gasteiger partial charge in [0.1, 0.15) is 0 Å². The van der Waals surface area contributed by atoms with Crippen LogP contribution in [-0.4, -0.2) is 29.4 Å². The molecule has 0 saturated carbocycles. The summed E-state index contributed by atoms with van der Waals surface area (Å²) >= 11 is 0. The van der Waals surface area contributed by atoms with E-state index in [2.05, 4.69) is 10.3 Å². The number of anilines is 1. The molecule has 0 unspecified atom stereocenters. The Kier molecular flexibility index (Phi) is 5.11. The van der Waals surface area contributed by atoms with E-state index in [0.717, 1.165) is 17.8 Å². The van der Waals surface area contributed by atoms with Crippen molar-refractivity contribution < 1.29 is 18.0 Å². The zero-order valence-corrected chi connectivity index (χ0v) is 11.8. The van der Waals surface area contributed by atoms with Gasteiger partial charge in [-0.25, -0.2) is 13.2 Å². The van der Waals surface area contributed by atoms with Crippen LogP contribution in [0.2, 0.25) is 0 Å². The SMILES string of the molecule is CN(CC(=O)Nc1ccc(F)c(F)c1F)Cc1ccccn1. The predicted octanol–water partition coefficient (Wildman–Crippen LogP) is 2.57. The van der Waals surface area contributed by atoms with E-state index in [1.165, 1.54) is 0 Å². The second kappa shape index (κ2) is 7.04. The number of carbonyl (C=O) groups is 1. The third kappa shape index (κ3) is 4.05. The Balaban J connectivity index is 1.94. The van der Waals surface area contributed by atoms with Crippen molar-refractivity contribution in [2.24, 2.45) is 0 Å². The molecule has 0 atom stereocenters. The van der Waals surface area contributed by atoms with Gasteiger partial charge >= 0.3 is 0 Å². The van der Waals surface area contributed by atoms with E-state index in [1.54, 1.807) is 24.2 Å². The van der Waals surface area contributed by atoms with E-state index >= 15 is 0 Å². The van der Waals surface area contributed by atoms with Gasteiger partial charge in [0.2, 0.25) is 5.91 Å². The Morgan fingerprint density at radius 2 is 1.95 bits per heavy atom. The van der Waals surface area contributed by atoms with Crippen molar-refractivity contribution in [3.63, 3.8) is 0 Å². The molecule has 0 aliphatic rings. The first-order valence-corrected chi connectivity index (χ1v) is 6.49. The van der Waals surface area contributed by atoms with Crippen LogP contribution >= 0.6 is 0 Å². The minimum absolute atomic E-state index is 0.0466. The molecule has 0 aliphatic heterocycles. The van der Waals surface area contributed by atoms with Crippen LogP contribution in [0.15, 0.2) is 36.5 Å². The summed E-state index contributed by atoms with van der Waals surface area (Å²) in [5.41, 5.74) is 0.381. The number of aromatic nitrogens is 1. The third-order valence-corrected chi connectivity index (χ3v) is 2.88. The van der Waals surface area contributed by atoms with Crippen LogP contribution in [0.3, 0.4) is 0 Å². The van der Waals surface area contributed by atoms with E-state index in [9.17, 15) is 18.0 Å². The average Bonchev–Trinajstić information content (AvgIpc) is 2.49. The summed E-state index contributed by atoms with van der Waals surface area (Å²) in [5.74, 6) is -4.87. The van der Waals surface area contributed by atoms with Gasteiger partial charge in [0.25, 0.3) is 0 Å². The second-order valence-electron chi connectivity index (χ2n) is 4.76. The zero-order valence-electron chi connectivity index (χ0n) is 11.8. The molecule has 4 nitrogen and oxygen atoms in total. The van der Waals surface area contributed by atoms with Crippen LogP contribution in [0.4, 0.5) is 18.9 Å². The number of rotatable bonds is 5. The molecule has 2 rings (SSSR count). The highest BCUT2D eigenvalue weighted by molar-refractivity contribution is 5.92. The molecule has 0 radical (unpaired) electrons. The lowest BCUT2D eigenvalue weighted by Crippen LogP contribution is -2.30. The Morgan fingerprint density at radius 3 is 2.64 bits per heavy atom. The van der Waals surface area contributed by atoms with Gasteiger partial charge in [0, 0.05) is 12.7 Å². The van der Waals surface area contributed by atoms with Crippen molar-refractivity contribution in [3.05, 3.63) is 59.7 Å². The first-order chi connectivity index (χ1) is 10.5. The van der Waals surface area contributed by atoms with E-state index in [4.69, 9.17) is 0 Å². The fourth-order valence-corrected chi connectivity index (χ4v) is 1.88. The van der Waals surface area contributed by atoms with Crippen LogP contribution in [-0.2, 0) is 11.3 Å². The smallest absolute Gasteiger partial charge is 0.238 e. The summed E-state index contributed by atoms with van der Waals surface area (Å²) in [6.07, 6.45) is 1.64. The molecule has 2 aromatic rings. The summed E-state index contributed by atoms with van der Waals surface area (Å²) in [6, 6.07) is 7.15. The highest BCUT2D eigenvalue weighted by Gasteiger charge is 2.16. The van der Waals surface area contributed by atoms with Crippen molar-refractivity contribution in [1.29, 1.82) is 0 Å². The van der Waals surface area contributed by atoms with Crippen molar-refractivity contribution in [1.82, 2.24) is 9.88 Å². The van der Waals surface area contributed by atoms with E-state index in [1.807, 2.05) is 12.1 Å². The number of likely N-dealkylation sites (N-methyl/N-ethyl adjacent to an activating group) is 1. The molecule has 0 spiro atoms. The fourth-order valence-electron chi connectivity index (χ4n) is 1.88. The minimum Gasteiger partial charge on any atom is -0.322 e. The maximum absolute atomic E-state index is 13.5. The molecule has 22 heavy (non-hydrogen) atoms. The summed E-state index contributed by atoms with van der Waals surface area (Å²) in [4.78, 5) is 17.6. The molecule has 116 valence electrons. The third-order valence-electron chi connectivity index (χ3n) is 2.88. The minimum atomic E-state index is -1.61. The number of hydrogen-bond acceptors (Lipinski definition) is 3. The molecule has 0 saturated heterocycles. The monoisotopic (exact) mass is 309 g/mol. The Hall–Kier alpha value is -2.41. The maximum Gasteiger partial charge on any atom is 0.238 e. The lowest BCUT2D eigenvalue weighted by molar-refractivity contribution is -0.117. The summed E-state index contributed by atoms with van der Waals surface area (Å²) in [6.45, 7) is 0.379. The van der Waals surface area contributed by atoms with Crippen LogP contribution in [0.1, 0.15) is 5.69 Å². The molecule has 7 heteroatoms. The number of nitrogens with zero attached hydrogens (tertiary/aromatic N) is 2. The molecule has 1 heterocycles. The quantitative estimate of drug-likeness (QED) is 0.864. The van der Waals surface area contributed by atoms with Gasteiger partial charge in [-0.05, 0) is 31.3 Å². The second-order valence-corrected chi connectivity index (χ2v) is 4.76. The normalized spacial score (nSPS) is 10.8. The Labute approximate surface area is 125 Å². The van der Waals surface area contributed by atoms with Gasteiger partial charge in [-0.2, -0.15) is 0 Å². The topological polar surface area (TPSA) is 45.2 Å². The van der Waals surface area contributed by atoms with Crippen molar-refractivity contribution in [2.75, 3.05) is 18.9 Å². The number of benzene rings is 1. The number of pyridine rings is 1. The zero-order chi connectivity index (χ0) is 16.1. The number of carbonyl (C=O) groups excluding carboxylic acids is 1. The molecule has 1 aromatic carbocycles. The molecule has 1 amide bonds. The maximum atomic E-state index is 13.5. The lowest BCUT2D eigenvalue weighted by Gasteiger charge is -2.16. The highest BCUT2D eigenvalue weighted by atomic mass is 19.2. The van der Waals surface area contributed by atoms with Gasteiger partial charge < -0.3 is 5.32 Å². The number of hydrogen-bond donors (Lipinski definition) is 1. The number of halogens is 3. The molecule has 1 aromatic heterocycles. The molecule has 1 N–H and O–H groups in total. The standard InChI is InChI=1S/C15H14F3N3O/c1-21(8-10-4-2-3-7-19-10)9-13(22)20-12-6-5-11(16)14(17)15(12)18/h2-7H,8-9H2,1H3,(H,20,22). The molecular formula is C15H14F3N3O. The molecule has 0 aliphatic carbocycles. The van der Waals surface area contributed by atoms with Crippen LogP contribution in [0.5, 0.6) is 0 Å². The van der Waals surface area contributed by atoms with E-state index < -0.39 is 29.0 Å². The van der Waals surface area contributed by atoms with Crippen LogP contribution in [0, 0.1) is 17.5 Å². The lowest BCUT2D eigenvalue weighted by atomic mass is 10.2. The van der Waals surface area contributed by atoms with Gasteiger partial charge in [-0.1, -0.05) is 6.07 Å². The predicted molar refractivity (Wildman–Crippen MR) is 75.5 cm³/mol. The Morgan fingerprint density at radius 1 is 1.18 bits per heavy atom. The highest BCUT2D eigenvalue weighted by Crippen LogP contribution is 2.19. The van der Waals surface area contributed by atoms with Gasteiger partial charge in [0.15, 0.2) is 17.5 Å².